The molecular formula is C12H22N2O5. The van der Waals surface area contributed by atoms with Crippen molar-refractivity contribution in [3.05, 3.63) is 0 Å². The second-order valence-corrected chi connectivity index (χ2v) is 4.34. The molecule has 0 radical (unpaired) electrons. The summed E-state index contributed by atoms with van der Waals surface area (Å²) >= 11 is 0. The molecule has 0 aliphatic rings. The smallest absolute Gasteiger partial charge is 0.310 e. The topological polar surface area (TPSA) is 119 Å². The SMILES string of the molecule is CCC(CC)(CC(=O)NCCOCC(N)=O)C(=O)O. The zero-order chi connectivity index (χ0) is 14.9. The average molecular weight is 274 g/mol. The Kier molecular flexibility index (Phi) is 7.74. The normalized spacial score (nSPS) is 11.1. The van der Waals surface area contributed by atoms with Gasteiger partial charge < -0.3 is 20.9 Å². The zero-order valence-corrected chi connectivity index (χ0v) is 11.4. The van der Waals surface area contributed by atoms with Crippen molar-refractivity contribution in [3.63, 3.8) is 0 Å². The summed E-state index contributed by atoms with van der Waals surface area (Å²) in [5.74, 6) is -1.88. The number of rotatable bonds is 10. The fourth-order valence-corrected chi connectivity index (χ4v) is 1.68. The minimum absolute atomic E-state index is 0.0643. The number of nitrogens with one attached hydrogen (secondary N) is 1. The second-order valence-electron chi connectivity index (χ2n) is 4.34. The highest BCUT2D eigenvalue weighted by molar-refractivity contribution is 5.84. The molecule has 0 saturated carbocycles. The molecule has 0 rings (SSSR count). The Morgan fingerprint density at radius 2 is 1.84 bits per heavy atom. The van der Waals surface area contributed by atoms with Crippen molar-refractivity contribution >= 4 is 17.8 Å². The van der Waals surface area contributed by atoms with Crippen LogP contribution in [0.25, 0.3) is 0 Å². The molecule has 0 bridgehead atoms. The average Bonchev–Trinajstić information content (AvgIpc) is 2.34. The van der Waals surface area contributed by atoms with Gasteiger partial charge in [-0.25, -0.2) is 0 Å². The Morgan fingerprint density at radius 1 is 1.26 bits per heavy atom. The maximum Gasteiger partial charge on any atom is 0.310 e. The number of ether oxygens (including phenoxy) is 1. The predicted molar refractivity (Wildman–Crippen MR) is 68.3 cm³/mol. The third kappa shape index (κ3) is 6.19. The van der Waals surface area contributed by atoms with Crippen molar-refractivity contribution < 1.29 is 24.2 Å². The lowest BCUT2D eigenvalue weighted by atomic mass is 9.79. The quantitative estimate of drug-likeness (QED) is 0.480. The number of aliphatic carboxylic acids is 1. The first-order valence-corrected chi connectivity index (χ1v) is 6.24. The lowest BCUT2D eigenvalue weighted by Crippen LogP contribution is -2.38. The van der Waals surface area contributed by atoms with Crippen LogP contribution in [-0.4, -0.2) is 42.6 Å². The predicted octanol–water partition coefficient (Wildman–Crippen LogP) is -0.114. The monoisotopic (exact) mass is 274 g/mol. The van der Waals surface area contributed by atoms with Gasteiger partial charge in [-0.2, -0.15) is 0 Å². The number of carbonyl (C=O) groups excluding carboxylic acids is 2. The molecule has 19 heavy (non-hydrogen) atoms. The van der Waals surface area contributed by atoms with Crippen LogP contribution in [0.2, 0.25) is 0 Å². The van der Waals surface area contributed by atoms with E-state index in [1.54, 1.807) is 13.8 Å². The number of carbonyl (C=O) groups is 3. The van der Waals surface area contributed by atoms with E-state index in [4.69, 9.17) is 10.5 Å². The Hall–Kier alpha value is -1.63. The first-order valence-electron chi connectivity index (χ1n) is 6.24. The van der Waals surface area contributed by atoms with Gasteiger partial charge in [0.05, 0.1) is 12.0 Å². The highest BCUT2D eigenvalue weighted by Crippen LogP contribution is 2.30. The van der Waals surface area contributed by atoms with Crippen LogP contribution < -0.4 is 11.1 Å². The molecule has 0 unspecified atom stereocenters. The third-order valence-corrected chi connectivity index (χ3v) is 3.12. The van der Waals surface area contributed by atoms with Gasteiger partial charge in [0.25, 0.3) is 0 Å². The molecule has 0 spiro atoms. The lowest BCUT2D eigenvalue weighted by Gasteiger charge is -2.25. The van der Waals surface area contributed by atoms with Crippen LogP contribution in [0.15, 0.2) is 0 Å². The summed E-state index contributed by atoms with van der Waals surface area (Å²) in [5, 5.41) is 11.7. The molecular weight excluding hydrogens is 252 g/mol. The number of carboxylic acid groups (broad SMARTS) is 1. The van der Waals surface area contributed by atoms with Crippen molar-refractivity contribution in [1.82, 2.24) is 5.32 Å². The van der Waals surface area contributed by atoms with Crippen LogP contribution in [0.4, 0.5) is 0 Å². The standard InChI is InChI=1S/C12H22N2O5/c1-3-12(4-2,11(17)18)7-10(16)14-5-6-19-8-9(13)15/h3-8H2,1-2H3,(H2,13,15)(H,14,16)(H,17,18). The van der Waals surface area contributed by atoms with E-state index >= 15 is 0 Å². The van der Waals surface area contributed by atoms with Crippen molar-refractivity contribution in [2.75, 3.05) is 19.8 Å². The highest BCUT2D eigenvalue weighted by Gasteiger charge is 2.36. The molecule has 7 heteroatoms. The van der Waals surface area contributed by atoms with Crippen LogP contribution in [0.5, 0.6) is 0 Å². The Labute approximate surface area is 112 Å². The van der Waals surface area contributed by atoms with Crippen molar-refractivity contribution in [2.24, 2.45) is 11.1 Å². The largest absolute Gasteiger partial charge is 0.481 e. The Morgan fingerprint density at radius 3 is 2.26 bits per heavy atom. The summed E-state index contributed by atoms with van der Waals surface area (Å²) in [7, 11) is 0. The minimum atomic E-state index is -1.02. The molecule has 0 aromatic carbocycles. The molecule has 0 aromatic rings. The van der Waals surface area contributed by atoms with Crippen LogP contribution in [0.3, 0.4) is 0 Å². The Balaban J connectivity index is 4.08. The fraction of sp³-hybridized carbons (Fsp3) is 0.750. The molecule has 4 N–H and O–H groups in total. The molecule has 0 aromatic heterocycles. The number of nitrogens with two attached hydrogens (primary N) is 1. The van der Waals surface area contributed by atoms with Gasteiger partial charge in [-0.1, -0.05) is 13.8 Å². The maximum absolute atomic E-state index is 11.7. The van der Waals surface area contributed by atoms with Crippen molar-refractivity contribution in [2.45, 2.75) is 33.1 Å². The fourth-order valence-electron chi connectivity index (χ4n) is 1.68. The van der Waals surface area contributed by atoms with Gasteiger partial charge >= 0.3 is 5.97 Å². The van der Waals surface area contributed by atoms with Gasteiger partial charge in [0.2, 0.25) is 11.8 Å². The first-order chi connectivity index (χ1) is 8.88. The molecule has 2 amide bonds. The van der Waals surface area contributed by atoms with Gasteiger partial charge in [-0.05, 0) is 12.8 Å². The summed E-state index contributed by atoms with van der Waals surface area (Å²) in [6.07, 6.45) is 0.722. The van der Waals surface area contributed by atoms with E-state index in [0.29, 0.717) is 12.8 Å². The van der Waals surface area contributed by atoms with Crippen LogP contribution >= 0.6 is 0 Å². The lowest BCUT2D eigenvalue weighted by molar-refractivity contribution is -0.152. The van der Waals surface area contributed by atoms with Gasteiger partial charge in [0.15, 0.2) is 0 Å². The number of primary amides is 1. The van der Waals surface area contributed by atoms with E-state index in [2.05, 4.69) is 5.32 Å². The molecule has 0 heterocycles. The van der Waals surface area contributed by atoms with E-state index in [0.717, 1.165) is 0 Å². The van der Waals surface area contributed by atoms with Crippen LogP contribution in [0.1, 0.15) is 33.1 Å². The first kappa shape index (κ1) is 17.4. The van der Waals surface area contributed by atoms with Gasteiger partial charge in [-0.15, -0.1) is 0 Å². The number of amides is 2. The molecule has 7 nitrogen and oxygen atoms in total. The summed E-state index contributed by atoms with van der Waals surface area (Å²) in [6, 6.07) is 0. The third-order valence-electron chi connectivity index (χ3n) is 3.12. The molecule has 0 atom stereocenters. The van der Waals surface area contributed by atoms with E-state index in [9.17, 15) is 19.5 Å². The van der Waals surface area contributed by atoms with E-state index in [-0.39, 0.29) is 32.1 Å². The number of carboxylic acids is 1. The molecule has 0 aliphatic carbocycles. The minimum Gasteiger partial charge on any atom is -0.481 e. The molecule has 0 fully saturated rings. The van der Waals surface area contributed by atoms with Crippen LogP contribution in [-0.2, 0) is 19.1 Å². The summed E-state index contributed by atoms with van der Waals surface area (Å²) in [5.41, 5.74) is 3.85. The Bertz CT molecular complexity index is 326. The number of hydrogen-bond donors (Lipinski definition) is 3. The van der Waals surface area contributed by atoms with E-state index < -0.39 is 17.3 Å². The molecule has 0 aliphatic heterocycles. The molecule has 0 saturated heterocycles. The zero-order valence-electron chi connectivity index (χ0n) is 11.4. The summed E-state index contributed by atoms with van der Waals surface area (Å²) in [6.45, 7) is 3.68. The van der Waals surface area contributed by atoms with E-state index in [1.807, 2.05) is 0 Å². The number of hydrogen-bond acceptors (Lipinski definition) is 4. The second kappa shape index (κ2) is 8.47. The van der Waals surface area contributed by atoms with Gasteiger partial charge in [0, 0.05) is 13.0 Å². The van der Waals surface area contributed by atoms with E-state index in [1.165, 1.54) is 0 Å². The van der Waals surface area contributed by atoms with Gasteiger partial charge in [-0.3, -0.25) is 14.4 Å². The van der Waals surface area contributed by atoms with Crippen LogP contribution in [0, 0.1) is 5.41 Å². The summed E-state index contributed by atoms with van der Waals surface area (Å²) in [4.78, 5) is 33.3. The maximum atomic E-state index is 11.7. The van der Waals surface area contributed by atoms with Gasteiger partial charge in [0.1, 0.15) is 6.61 Å². The van der Waals surface area contributed by atoms with Crippen molar-refractivity contribution in [1.29, 1.82) is 0 Å². The highest BCUT2D eigenvalue weighted by atomic mass is 16.5. The summed E-state index contributed by atoms with van der Waals surface area (Å²) < 4.78 is 4.87. The molecule has 110 valence electrons. The van der Waals surface area contributed by atoms with Crippen molar-refractivity contribution in [3.8, 4) is 0 Å².